The highest BCUT2D eigenvalue weighted by molar-refractivity contribution is 5.80. The normalized spacial score (nSPS) is 12.3. The van der Waals surface area contributed by atoms with Gasteiger partial charge in [0.05, 0.1) is 16.7 Å². The molecule has 0 aliphatic heterocycles. The molecule has 0 aliphatic carbocycles. The minimum Gasteiger partial charge on any atom is -0.379 e. The number of alkyl halides is 9. The van der Waals surface area contributed by atoms with E-state index in [1.807, 2.05) is 0 Å². The van der Waals surface area contributed by atoms with Crippen LogP contribution in [0.25, 0.3) is 0 Å². The van der Waals surface area contributed by atoms with Gasteiger partial charge in [-0.1, -0.05) is 0 Å². The molecule has 0 bridgehead atoms. The van der Waals surface area contributed by atoms with E-state index in [0.717, 1.165) is 72.8 Å². The number of rotatable bonds is 18. The highest BCUT2D eigenvalue weighted by atomic mass is 19.4. The Bertz CT molecular complexity index is 2440. The largest absolute Gasteiger partial charge is 0.416 e. The second-order valence-corrected chi connectivity index (χ2v) is 13.4. The highest BCUT2D eigenvalue weighted by Crippen LogP contribution is 2.33. The molecule has 22 heteroatoms. The smallest absolute Gasteiger partial charge is 0.379 e. The molecule has 0 fully saturated rings. The first kappa shape index (κ1) is 43.6. The van der Waals surface area contributed by atoms with Crippen LogP contribution in [-0.2, 0) is 18.5 Å². The Balaban J connectivity index is 1.11. The van der Waals surface area contributed by atoms with E-state index in [1.54, 1.807) is 4.90 Å². The van der Waals surface area contributed by atoms with Crippen LogP contribution in [0.4, 0.5) is 90.7 Å². The summed E-state index contributed by atoms with van der Waals surface area (Å²) in [5.41, 5.74) is -8.99. The number of hydrogen-bond donors (Lipinski definition) is 6. The minimum absolute atomic E-state index is 0.0196. The summed E-state index contributed by atoms with van der Waals surface area (Å²) in [7, 11) is 0. The second-order valence-electron chi connectivity index (χ2n) is 13.4. The molecule has 0 unspecified atom stereocenters. The summed E-state index contributed by atoms with van der Waals surface area (Å²) in [5.74, 6) is 0. The van der Waals surface area contributed by atoms with Crippen LogP contribution in [0.15, 0.2) is 102 Å². The lowest BCUT2D eigenvalue weighted by Gasteiger charge is -2.25. The third kappa shape index (κ3) is 9.75. The van der Waals surface area contributed by atoms with Crippen LogP contribution < -0.4 is 64.5 Å². The molecule has 0 aliphatic rings. The summed E-state index contributed by atoms with van der Waals surface area (Å²) in [5, 5.41) is 16.3. The summed E-state index contributed by atoms with van der Waals surface area (Å²) >= 11 is 0. The molecule has 6 aromatic carbocycles. The number of halogens is 9. The van der Waals surface area contributed by atoms with Gasteiger partial charge in [0.25, 0.3) is 32.6 Å². The zero-order valence-electron chi connectivity index (χ0n) is 31.0. The van der Waals surface area contributed by atoms with Gasteiger partial charge >= 0.3 is 18.5 Å². The fraction of sp³-hybridized carbons (Fsp3) is 0.231. The lowest BCUT2D eigenvalue weighted by Crippen LogP contribution is -2.42. The summed E-state index contributed by atoms with van der Waals surface area (Å²) in [4.78, 5) is 76.0. The standard InChI is InChI=1S/C39H30F9N7O6/c40-37(41,42)19-1-7-22(8-2-19)52-28-25(31(56)34(28)59)49-13-16-55(17-14-50-26-29(35(60)32(26)57)53-23-9-3-20(4-10-23)38(43,44)45)18-15-51-27-30(36(61)33(27)58)54-24-11-5-21(6-12-24)39(46,47)48/h1-12,49-54H,13-18H2. The number of nitrogens with one attached hydrogen (secondary N) is 6. The van der Waals surface area contributed by atoms with Crippen molar-refractivity contribution in [3.63, 3.8) is 0 Å². The maximum Gasteiger partial charge on any atom is 0.416 e. The zero-order chi connectivity index (χ0) is 44.4. The van der Waals surface area contributed by atoms with E-state index in [-0.39, 0.29) is 90.5 Å². The minimum atomic E-state index is -4.60. The van der Waals surface area contributed by atoms with E-state index in [1.165, 1.54) is 0 Å². The van der Waals surface area contributed by atoms with E-state index in [9.17, 15) is 68.3 Å². The Morgan fingerprint density at radius 3 is 0.770 bits per heavy atom. The molecule has 13 nitrogen and oxygen atoms in total. The molecule has 0 aromatic heterocycles. The first-order valence-corrected chi connectivity index (χ1v) is 17.9. The molecular weight excluding hydrogens is 833 g/mol. The molecule has 0 saturated carbocycles. The van der Waals surface area contributed by atoms with Gasteiger partial charge in [-0.2, -0.15) is 39.5 Å². The van der Waals surface area contributed by atoms with Gasteiger partial charge in [-0.25, -0.2) is 0 Å². The molecule has 0 spiro atoms. The summed E-state index contributed by atoms with van der Waals surface area (Å²) in [6, 6.07) is 11.2. The molecule has 0 heterocycles. The Kier molecular flexibility index (Phi) is 12.1. The molecule has 0 atom stereocenters. The number of hydrogen-bond acceptors (Lipinski definition) is 13. The van der Waals surface area contributed by atoms with Crippen molar-refractivity contribution in [2.45, 2.75) is 18.5 Å². The van der Waals surface area contributed by atoms with Gasteiger partial charge in [-0.15, -0.1) is 0 Å². The summed E-state index contributed by atoms with van der Waals surface area (Å²) < 4.78 is 117. The molecular formula is C39H30F9N7O6. The maximum atomic E-state index is 13.0. The Hall–Kier alpha value is -6.97. The van der Waals surface area contributed by atoms with E-state index >= 15 is 0 Å². The Labute approximate surface area is 335 Å². The number of nitrogens with zero attached hydrogens (tertiary/aromatic N) is 1. The van der Waals surface area contributed by atoms with Crippen molar-refractivity contribution in [1.29, 1.82) is 0 Å². The third-order valence-electron chi connectivity index (χ3n) is 9.37. The van der Waals surface area contributed by atoms with Crippen LogP contribution in [0.1, 0.15) is 16.7 Å². The van der Waals surface area contributed by atoms with E-state index < -0.39 is 67.8 Å². The second kappa shape index (κ2) is 17.0. The van der Waals surface area contributed by atoms with Crippen molar-refractivity contribution in [1.82, 2.24) is 4.90 Å². The first-order valence-electron chi connectivity index (χ1n) is 17.9. The van der Waals surface area contributed by atoms with E-state index in [2.05, 4.69) is 31.9 Å². The molecule has 320 valence electrons. The van der Waals surface area contributed by atoms with Gasteiger partial charge in [0.1, 0.15) is 34.1 Å². The molecule has 6 rings (SSSR count). The Morgan fingerprint density at radius 2 is 0.557 bits per heavy atom. The predicted molar refractivity (Wildman–Crippen MR) is 210 cm³/mol. The third-order valence-corrected chi connectivity index (χ3v) is 9.37. The average molecular weight is 864 g/mol. The molecule has 6 N–H and O–H groups in total. The number of benzene rings is 3. The SMILES string of the molecule is O=c1c(NCCN(CCNc2c(Nc3ccc(C(F)(F)F)cc3)c(=O)c2=O)CCNc2c(Nc3ccc(C(F)(F)F)cc3)c(=O)c2=O)c(Nc2ccc(C(F)(F)F)cc2)c1=O. The van der Waals surface area contributed by atoms with Crippen molar-refractivity contribution in [2.75, 3.05) is 71.2 Å². The Morgan fingerprint density at radius 1 is 0.344 bits per heavy atom. The fourth-order valence-corrected chi connectivity index (χ4v) is 6.05. The topological polar surface area (TPSA) is 178 Å². The van der Waals surface area contributed by atoms with Crippen molar-refractivity contribution < 1.29 is 39.5 Å². The van der Waals surface area contributed by atoms with Gasteiger partial charge in [-0.05, 0) is 72.8 Å². The molecule has 61 heavy (non-hydrogen) atoms. The van der Waals surface area contributed by atoms with Crippen LogP contribution in [-0.4, -0.2) is 44.2 Å². The molecule has 6 aromatic rings. The summed E-state index contributed by atoms with van der Waals surface area (Å²) in [6.07, 6.45) is -13.8. The van der Waals surface area contributed by atoms with Crippen LogP contribution in [0.3, 0.4) is 0 Å². The van der Waals surface area contributed by atoms with E-state index in [0.29, 0.717) is 0 Å². The molecule has 0 saturated heterocycles. The van der Waals surface area contributed by atoms with Crippen molar-refractivity contribution in [3.8, 4) is 0 Å². The van der Waals surface area contributed by atoms with Crippen LogP contribution in [0, 0.1) is 0 Å². The lowest BCUT2D eigenvalue weighted by molar-refractivity contribution is -0.138. The fourth-order valence-electron chi connectivity index (χ4n) is 6.05. The van der Waals surface area contributed by atoms with Crippen molar-refractivity contribution >= 4 is 51.2 Å². The van der Waals surface area contributed by atoms with Crippen molar-refractivity contribution in [3.05, 3.63) is 151 Å². The average Bonchev–Trinajstić information content (AvgIpc) is 3.22. The van der Waals surface area contributed by atoms with Gasteiger partial charge < -0.3 is 31.9 Å². The van der Waals surface area contributed by atoms with Crippen LogP contribution >= 0.6 is 0 Å². The van der Waals surface area contributed by atoms with Gasteiger partial charge in [0.15, 0.2) is 0 Å². The lowest BCUT2D eigenvalue weighted by atomic mass is 10.1. The summed E-state index contributed by atoms with van der Waals surface area (Å²) in [6.45, 7) is 0.212. The van der Waals surface area contributed by atoms with Gasteiger partial charge in [0.2, 0.25) is 0 Å². The van der Waals surface area contributed by atoms with E-state index in [4.69, 9.17) is 0 Å². The maximum absolute atomic E-state index is 13.0. The van der Waals surface area contributed by atoms with Crippen LogP contribution in [0.2, 0.25) is 0 Å². The van der Waals surface area contributed by atoms with Gasteiger partial charge in [-0.3, -0.25) is 33.7 Å². The quantitative estimate of drug-likeness (QED) is 0.0459. The first-order chi connectivity index (χ1) is 28.6. The van der Waals surface area contributed by atoms with Gasteiger partial charge in [0, 0.05) is 56.3 Å². The molecule has 0 radical (unpaired) electrons. The predicted octanol–water partition coefficient (Wildman–Crippen LogP) is 5.70. The zero-order valence-corrected chi connectivity index (χ0v) is 31.0. The monoisotopic (exact) mass is 863 g/mol. The number of anilines is 9. The van der Waals surface area contributed by atoms with Crippen molar-refractivity contribution in [2.24, 2.45) is 0 Å². The molecule has 0 amide bonds. The highest BCUT2D eigenvalue weighted by Gasteiger charge is 2.32. The van der Waals surface area contributed by atoms with Crippen LogP contribution in [0.5, 0.6) is 0 Å².